The fourth-order valence-corrected chi connectivity index (χ4v) is 9.05. The summed E-state index contributed by atoms with van der Waals surface area (Å²) in [5.74, 6) is -4.40. The van der Waals surface area contributed by atoms with Gasteiger partial charge in [-0.25, -0.2) is 37.5 Å². The molecule has 0 radical (unpaired) electrons. The van der Waals surface area contributed by atoms with Crippen molar-refractivity contribution in [2.24, 2.45) is 11.8 Å². The van der Waals surface area contributed by atoms with E-state index < -0.39 is 46.9 Å². The minimum absolute atomic E-state index is 0.0382. The third-order valence-corrected chi connectivity index (χ3v) is 12.2. The number of H-pyrrole nitrogens is 2. The van der Waals surface area contributed by atoms with Gasteiger partial charge in [-0.05, 0) is 67.5 Å². The van der Waals surface area contributed by atoms with Gasteiger partial charge in [0, 0.05) is 62.0 Å². The van der Waals surface area contributed by atoms with Crippen molar-refractivity contribution < 1.29 is 27.2 Å². The third kappa shape index (κ3) is 5.79. The summed E-state index contributed by atoms with van der Waals surface area (Å²) in [4.78, 5) is 55.7. The fourth-order valence-electron chi connectivity index (χ4n) is 9.05. The van der Waals surface area contributed by atoms with Crippen LogP contribution in [0.5, 0.6) is 0 Å². The Hall–Kier alpha value is -6.58. The molecule has 12 nitrogen and oxygen atoms in total. The number of likely N-dealkylation sites (tertiary alicyclic amines) is 2. The molecule has 8 heterocycles. The molecule has 2 saturated heterocycles. The van der Waals surface area contributed by atoms with Gasteiger partial charge >= 0.3 is 0 Å². The molecule has 2 aliphatic rings. The number of fused-ring (bicyclic) bond motifs is 6. The lowest BCUT2D eigenvalue weighted by Crippen LogP contribution is -2.44. The first-order valence-corrected chi connectivity index (χ1v) is 19.2. The summed E-state index contributed by atoms with van der Waals surface area (Å²) in [6.07, 6.45) is 11.2. The molecule has 2 N–H and O–H groups in total. The quantitative estimate of drug-likeness (QED) is 0.174. The van der Waals surface area contributed by atoms with E-state index in [-0.39, 0.29) is 61.0 Å². The second-order valence-electron chi connectivity index (χ2n) is 15.4. The number of amides is 2. The number of aromatic amines is 2. The van der Waals surface area contributed by atoms with E-state index in [9.17, 15) is 18.4 Å². The van der Waals surface area contributed by atoms with Crippen molar-refractivity contribution >= 4 is 45.2 Å². The normalized spacial score (nSPS) is 20.2. The molecule has 2 amide bonds. The number of benzene rings is 2. The van der Waals surface area contributed by atoms with Gasteiger partial charge in [0.05, 0.1) is 58.0 Å². The molecular weight excluding hydrogens is 753 g/mol. The van der Waals surface area contributed by atoms with Crippen LogP contribution in [0.2, 0.25) is 0 Å². The van der Waals surface area contributed by atoms with Gasteiger partial charge in [-0.15, -0.1) is 0 Å². The Balaban J connectivity index is 0.970. The van der Waals surface area contributed by atoms with Crippen LogP contribution in [-0.2, 0) is 6.42 Å². The van der Waals surface area contributed by atoms with Crippen LogP contribution in [0.15, 0.2) is 79.6 Å². The Bertz CT molecular complexity index is 2920. The van der Waals surface area contributed by atoms with Crippen LogP contribution < -0.4 is 0 Å². The molecule has 2 fully saturated rings. The third-order valence-electron chi connectivity index (χ3n) is 12.2. The number of carbonyl (C=O) groups is 2. The van der Waals surface area contributed by atoms with Gasteiger partial charge in [-0.3, -0.25) is 18.4 Å². The smallest absolute Gasteiger partial charge is 0.256 e. The predicted molar refractivity (Wildman–Crippen MR) is 205 cm³/mol. The standard InChI is InChI=1S/C42H36F4N10O2/c1-22-8-12-53(20-30(22)39-51-18-25-16-49-37-34(55(25)39)6-10-47-37)42(58)28-4-5-32(44)29(36(28)46)14-23-9-13-54(41(57)27-3-2-24(43)15-33(27)45)21-31(23)40-52-19-26-17-50-38-35(56(26)40)7-11-48-38/h2-7,10-11,15-19,22-23,30-31,47-48H,8-9,12-14,20-21H2,1H3. The summed E-state index contributed by atoms with van der Waals surface area (Å²) in [5.41, 5.74) is 3.63. The lowest BCUT2D eigenvalue weighted by atomic mass is 9.80. The van der Waals surface area contributed by atoms with Crippen molar-refractivity contribution in [2.75, 3.05) is 26.2 Å². The van der Waals surface area contributed by atoms with Crippen LogP contribution in [0.3, 0.4) is 0 Å². The molecule has 6 aromatic heterocycles. The van der Waals surface area contributed by atoms with E-state index in [1.54, 1.807) is 35.9 Å². The van der Waals surface area contributed by atoms with Gasteiger partial charge in [0.1, 0.15) is 34.9 Å². The van der Waals surface area contributed by atoms with Crippen LogP contribution in [0.4, 0.5) is 17.6 Å². The van der Waals surface area contributed by atoms with Crippen molar-refractivity contribution in [3.8, 4) is 0 Å². The fraction of sp³-hybridized carbons (Fsp3) is 0.286. The maximum absolute atomic E-state index is 16.8. The number of nitrogens with zero attached hydrogens (tertiary/aromatic N) is 8. The maximum atomic E-state index is 16.8. The van der Waals surface area contributed by atoms with Crippen LogP contribution in [0, 0.1) is 35.1 Å². The average molecular weight is 789 g/mol. The summed E-state index contributed by atoms with van der Waals surface area (Å²) in [5, 5.41) is 0. The molecule has 4 atom stereocenters. The highest BCUT2D eigenvalue weighted by atomic mass is 19.1. The Morgan fingerprint density at radius 2 is 1.26 bits per heavy atom. The number of halogens is 4. The highest BCUT2D eigenvalue weighted by molar-refractivity contribution is 5.95. The van der Waals surface area contributed by atoms with E-state index in [0.29, 0.717) is 47.2 Å². The second-order valence-corrected chi connectivity index (χ2v) is 15.4. The first kappa shape index (κ1) is 35.8. The van der Waals surface area contributed by atoms with Gasteiger partial charge < -0.3 is 19.8 Å². The minimum Gasteiger partial charge on any atom is -0.345 e. The van der Waals surface area contributed by atoms with Gasteiger partial charge in [0.15, 0.2) is 11.3 Å². The van der Waals surface area contributed by atoms with Crippen molar-refractivity contribution in [3.63, 3.8) is 0 Å². The molecule has 0 spiro atoms. The Labute approximate surface area is 327 Å². The molecule has 2 aromatic carbocycles. The number of hydrogen-bond acceptors (Lipinski definition) is 6. The van der Waals surface area contributed by atoms with Crippen LogP contribution >= 0.6 is 0 Å². The Kier molecular flexibility index (Phi) is 8.53. The number of nitrogens with one attached hydrogen (secondary N) is 2. The Morgan fingerprint density at radius 3 is 1.91 bits per heavy atom. The average Bonchev–Trinajstić information content (AvgIpc) is 4.05. The summed E-state index contributed by atoms with van der Waals surface area (Å²) >= 11 is 0. The molecule has 0 saturated carbocycles. The van der Waals surface area contributed by atoms with Gasteiger partial charge in [0.2, 0.25) is 0 Å². The zero-order valence-corrected chi connectivity index (χ0v) is 31.2. The van der Waals surface area contributed by atoms with E-state index in [2.05, 4.69) is 26.9 Å². The largest absolute Gasteiger partial charge is 0.345 e. The number of piperidine rings is 2. The lowest BCUT2D eigenvalue weighted by molar-refractivity contribution is 0.0641. The van der Waals surface area contributed by atoms with E-state index >= 15 is 8.78 Å². The summed E-state index contributed by atoms with van der Waals surface area (Å²) < 4.78 is 65.2. The zero-order valence-electron chi connectivity index (χ0n) is 31.2. The predicted octanol–water partition coefficient (Wildman–Crippen LogP) is 7.05. The molecule has 16 heteroatoms. The van der Waals surface area contributed by atoms with Crippen molar-refractivity contribution in [2.45, 2.75) is 38.0 Å². The van der Waals surface area contributed by atoms with Crippen LogP contribution in [-0.4, -0.2) is 86.5 Å². The number of rotatable bonds is 6. The zero-order chi connectivity index (χ0) is 39.8. The number of hydrogen-bond donors (Lipinski definition) is 2. The molecule has 8 aromatic rings. The molecule has 10 rings (SSSR count). The second kappa shape index (κ2) is 13.8. The number of carbonyl (C=O) groups excluding carboxylic acids is 2. The summed E-state index contributed by atoms with van der Waals surface area (Å²) in [7, 11) is 0. The minimum atomic E-state index is -0.983. The van der Waals surface area contributed by atoms with Crippen molar-refractivity contribution in [1.82, 2.24) is 48.5 Å². The maximum Gasteiger partial charge on any atom is 0.256 e. The molecule has 0 aliphatic carbocycles. The van der Waals surface area contributed by atoms with Gasteiger partial charge in [-0.1, -0.05) is 6.92 Å². The van der Waals surface area contributed by atoms with E-state index in [1.807, 2.05) is 27.1 Å². The molecule has 0 bridgehead atoms. The monoisotopic (exact) mass is 788 g/mol. The summed E-state index contributed by atoms with van der Waals surface area (Å²) in [6.45, 7) is 2.98. The van der Waals surface area contributed by atoms with E-state index in [4.69, 9.17) is 9.97 Å². The molecule has 2 aliphatic heterocycles. The lowest BCUT2D eigenvalue weighted by Gasteiger charge is -2.38. The van der Waals surface area contributed by atoms with E-state index in [0.717, 1.165) is 35.1 Å². The summed E-state index contributed by atoms with van der Waals surface area (Å²) in [6, 6.07) is 8.91. The van der Waals surface area contributed by atoms with Crippen molar-refractivity contribution in [3.05, 3.63) is 131 Å². The van der Waals surface area contributed by atoms with E-state index in [1.165, 1.54) is 11.0 Å². The van der Waals surface area contributed by atoms with Crippen LogP contribution in [0.25, 0.3) is 33.4 Å². The van der Waals surface area contributed by atoms with Gasteiger partial charge in [0.25, 0.3) is 11.8 Å². The number of imidazole rings is 2. The SMILES string of the molecule is CC1CCN(C(=O)c2ccc(F)c(CC3CCN(C(=O)c4ccc(F)cc4F)CC3c3ncc4cnc5[nH]ccc5n34)c2F)CC1c1ncc2cnc3[nH]ccc3n12. The Morgan fingerprint density at radius 1 is 0.690 bits per heavy atom. The molecule has 58 heavy (non-hydrogen) atoms. The van der Waals surface area contributed by atoms with Crippen LogP contribution in [0.1, 0.15) is 69.5 Å². The highest BCUT2D eigenvalue weighted by Crippen LogP contribution is 2.39. The molecular formula is C42H36F4N10O2. The highest BCUT2D eigenvalue weighted by Gasteiger charge is 2.39. The van der Waals surface area contributed by atoms with Crippen molar-refractivity contribution in [1.29, 1.82) is 0 Å². The number of aromatic nitrogens is 8. The first-order chi connectivity index (χ1) is 28.1. The van der Waals surface area contributed by atoms with Gasteiger partial charge in [-0.2, -0.15) is 0 Å². The topological polar surface area (TPSA) is 133 Å². The molecule has 4 unspecified atom stereocenters. The molecule has 294 valence electrons. The first-order valence-electron chi connectivity index (χ1n) is 19.2.